The molecule has 1 fully saturated rings. The Morgan fingerprint density at radius 1 is 0.708 bits per heavy atom. The summed E-state index contributed by atoms with van der Waals surface area (Å²) in [6.45, 7) is 0.922. The number of halogens is 6. The molecule has 254 valence electrons. The Bertz CT molecular complexity index is 1510. The lowest BCUT2D eigenvalue weighted by Crippen LogP contribution is -2.53. The summed E-state index contributed by atoms with van der Waals surface area (Å²) < 4.78 is 87.3. The summed E-state index contributed by atoms with van der Waals surface area (Å²) in [7, 11) is 1.99. The first-order valence-electron chi connectivity index (χ1n) is 15.8. The highest BCUT2D eigenvalue weighted by Crippen LogP contribution is 2.41. The maximum absolute atomic E-state index is 13.4. The highest BCUT2D eigenvalue weighted by molar-refractivity contribution is 7.80. The molecule has 0 radical (unpaired) electrons. The van der Waals surface area contributed by atoms with Crippen molar-refractivity contribution in [2.45, 2.75) is 55.7 Å². The van der Waals surface area contributed by atoms with Gasteiger partial charge in [0.05, 0.1) is 17.7 Å². The largest absolute Gasteiger partial charge is 0.416 e. The number of hydrogen-bond acceptors (Lipinski definition) is 3. The van der Waals surface area contributed by atoms with Gasteiger partial charge in [0.15, 0.2) is 5.11 Å². The molecule has 4 aromatic rings. The quantitative estimate of drug-likeness (QED) is 0.0989. The van der Waals surface area contributed by atoms with Crippen molar-refractivity contribution >= 4 is 23.0 Å². The van der Waals surface area contributed by atoms with E-state index in [1.165, 1.54) is 0 Å². The first-order valence-corrected chi connectivity index (χ1v) is 16.2. The average molecular weight is 686 g/mol. The van der Waals surface area contributed by atoms with Gasteiger partial charge < -0.3 is 15.4 Å². The number of thiocarbonyl (C=S) groups is 1. The predicted molar refractivity (Wildman–Crippen MR) is 180 cm³/mol. The second-order valence-corrected chi connectivity index (χ2v) is 12.4. The van der Waals surface area contributed by atoms with E-state index in [0.29, 0.717) is 25.3 Å². The highest BCUT2D eigenvalue weighted by atomic mass is 32.1. The van der Waals surface area contributed by atoms with Crippen molar-refractivity contribution in [3.05, 3.63) is 137 Å². The Morgan fingerprint density at radius 3 is 1.62 bits per heavy atom. The van der Waals surface area contributed by atoms with Gasteiger partial charge in [-0.05, 0) is 67.0 Å². The number of rotatable bonds is 10. The van der Waals surface area contributed by atoms with E-state index in [2.05, 4.69) is 51.9 Å². The Kier molecular flexibility index (Phi) is 11.1. The average Bonchev–Trinajstić information content (AvgIpc) is 3.07. The molecule has 2 atom stereocenters. The van der Waals surface area contributed by atoms with Crippen LogP contribution in [-0.4, -0.2) is 42.3 Å². The van der Waals surface area contributed by atoms with Crippen molar-refractivity contribution in [1.82, 2.24) is 10.2 Å². The number of anilines is 1. The Hall–Kier alpha value is -3.93. The summed E-state index contributed by atoms with van der Waals surface area (Å²) in [6, 6.07) is 31.3. The van der Waals surface area contributed by atoms with Gasteiger partial charge in [0, 0.05) is 24.3 Å². The van der Waals surface area contributed by atoms with Crippen LogP contribution in [0.3, 0.4) is 0 Å². The smallest absolute Gasteiger partial charge is 0.360 e. The molecule has 0 amide bonds. The summed E-state index contributed by atoms with van der Waals surface area (Å²) in [5, 5.41) is 5.70. The topological polar surface area (TPSA) is 36.5 Å². The molecule has 0 unspecified atom stereocenters. The SMILES string of the molecule is CN(CCOC(c1ccccc1)(c1ccccc1)c1ccccc1)[C@@H]1CCCC[C@H]1NC(=S)Nc1cc(C(F)(F)F)cc(C(F)(F)F)c1. The van der Waals surface area contributed by atoms with Gasteiger partial charge in [-0.1, -0.05) is 104 Å². The minimum Gasteiger partial charge on any atom is -0.360 e. The molecule has 0 saturated heterocycles. The second-order valence-electron chi connectivity index (χ2n) is 12.0. The molecular formula is C37H37F6N3OS. The zero-order valence-corrected chi connectivity index (χ0v) is 27.1. The van der Waals surface area contributed by atoms with E-state index in [0.717, 1.165) is 42.4 Å². The summed E-state index contributed by atoms with van der Waals surface area (Å²) >= 11 is 5.40. The minimum absolute atomic E-state index is 0.00563. The molecule has 0 spiro atoms. The predicted octanol–water partition coefficient (Wildman–Crippen LogP) is 9.26. The number of nitrogens with one attached hydrogen (secondary N) is 2. The number of nitrogens with zero attached hydrogens (tertiary/aromatic N) is 1. The van der Waals surface area contributed by atoms with Gasteiger partial charge in [-0.3, -0.25) is 4.90 Å². The highest BCUT2D eigenvalue weighted by Gasteiger charge is 2.39. The third-order valence-electron chi connectivity index (χ3n) is 8.76. The summed E-state index contributed by atoms with van der Waals surface area (Å²) in [4.78, 5) is 2.18. The van der Waals surface area contributed by atoms with Gasteiger partial charge in [0.25, 0.3) is 0 Å². The van der Waals surface area contributed by atoms with Gasteiger partial charge in [-0.25, -0.2) is 0 Å². The van der Waals surface area contributed by atoms with E-state index in [4.69, 9.17) is 17.0 Å². The molecule has 4 nitrogen and oxygen atoms in total. The normalized spacial score (nSPS) is 17.2. The third-order valence-corrected chi connectivity index (χ3v) is 8.98. The second kappa shape index (κ2) is 15.1. The fraction of sp³-hybridized carbons (Fsp3) is 0.324. The van der Waals surface area contributed by atoms with Crippen LogP contribution in [0.4, 0.5) is 32.0 Å². The monoisotopic (exact) mass is 685 g/mol. The van der Waals surface area contributed by atoms with Gasteiger partial charge in [0.2, 0.25) is 0 Å². The summed E-state index contributed by atoms with van der Waals surface area (Å²) in [5.74, 6) is 0. The molecule has 0 aliphatic heterocycles. The van der Waals surface area contributed by atoms with Gasteiger partial charge in [-0.2, -0.15) is 26.3 Å². The van der Waals surface area contributed by atoms with Crippen LogP contribution in [0.25, 0.3) is 0 Å². The van der Waals surface area contributed by atoms with E-state index >= 15 is 0 Å². The van der Waals surface area contributed by atoms with Gasteiger partial charge in [0.1, 0.15) is 5.60 Å². The minimum atomic E-state index is -4.95. The van der Waals surface area contributed by atoms with Crippen LogP contribution in [0.2, 0.25) is 0 Å². The number of benzene rings is 4. The number of alkyl halides is 6. The number of likely N-dealkylation sites (N-methyl/N-ethyl adjacent to an activating group) is 1. The number of hydrogen-bond donors (Lipinski definition) is 2. The first-order chi connectivity index (χ1) is 22.9. The van der Waals surface area contributed by atoms with E-state index in [9.17, 15) is 26.3 Å². The molecule has 4 aromatic carbocycles. The Morgan fingerprint density at radius 2 is 1.17 bits per heavy atom. The Balaban J connectivity index is 1.31. The fourth-order valence-corrected chi connectivity index (χ4v) is 6.72. The van der Waals surface area contributed by atoms with Crippen molar-refractivity contribution in [3.63, 3.8) is 0 Å². The van der Waals surface area contributed by atoms with E-state index in [1.807, 2.05) is 61.6 Å². The lowest BCUT2D eigenvalue weighted by atomic mass is 9.80. The Labute approximate surface area is 282 Å². The maximum Gasteiger partial charge on any atom is 0.416 e. The zero-order valence-electron chi connectivity index (χ0n) is 26.3. The molecule has 2 N–H and O–H groups in total. The molecule has 48 heavy (non-hydrogen) atoms. The molecule has 1 aliphatic rings. The van der Waals surface area contributed by atoms with Crippen LogP contribution in [0.1, 0.15) is 53.5 Å². The number of ether oxygens (including phenoxy) is 1. The molecule has 0 heterocycles. The van der Waals surface area contributed by atoms with Gasteiger partial charge in [-0.15, -0.1) is 0 Å². The van der Waals surface area contributed by atoms with Crippen LogP contribution in [-0.2, 0) is 22.7 Å². The van der Waals surface area contributed by atoms with Crippen molar-refractivity contribution in [1.29, 1.82) is 0 Å². The summed E-state index contributed by atoms with van der Waals surface area (Å²) in [5.41, 5.74) is -1.11. The molecule has 0 aromatic heterocycles. The molecule has 1 aliphatic carbocycles. The van der Waals surface area contributed by atoms with Crippen LogP contribution in [0.15, 0.2) is 109 Å². The zero-order chi connectivity index (χ0) is 34.4. The standard InChI is InChI=1S/C37H37F6N3OS/c1-46(21-22-47-35(26-13-5-2-6-14-26,27-15-7-3-8-16-27)28-17-9-4-10-18-28)33-20-12-11-19-32(33)45-34(48)44-31-24-29(36(38,39)40)23-30(25-31)37(41,42)43/h2-10,13-18,23-25,32-33H,11-12,19-22H2,1H3,(H2,44,45,48)/t32-,33-/m1/s1. The van der Waals surface area contributed by atoms with Gasteiger partial charge >= 0.3 is 12.4 Å². The van der Waals surface area contributed by atoms with E-state index in [-0.39, 0.29) is 28.9 Å². The fourth-order valence-electron chi connectivity index (χ4n) is 6.45. The lowest BCUT2D eigenvalue weighted by Gasteiger charge is -2.40. The van der Waals surface area contributed by atoms with Crippen molar-refractivity contribution in [2.24, 2.45) is 0 Å². The molecule has 11 heteroatoms. The van der Waals surface area contributed by atoms with Crippen LogP contribution < -0.4 is 10.6 Å². The third kappa shape index (κ3) is 8.37. The van der Waals surface area contributed by atoms with E-state index < -0.39 is 29.1 Å². The first kappa shape index (κ1) is 35.4. The summed E-state index contributed by atoms with van der Waals surface area (Å²) in [6.07, 6.45) is -6.47. The van der Waals surface area contributed by atoms with Crippen molar-refractivity contribution in [2.75, 3.05) is 25.5 Å². The molecule has 1 saturated carbocycles. The van der Waals surface area contributed by atoms with Crippen LogP contribution >= 0.6 is 12.2 Å². The molecule has 0 bridgehead atoms. The maximum atomic E-state index is 13.4. The molecule has 5 rings (SSSR count). The van der Waals surface area contributed by atoms with Crippen molar-refractivity contribution < 1.29 is 31.1 Å². The lowest BCUT2D eigenvalue weighted by molar-refractivity contribution is -0.143. The molecular weight excluding hydrogens is 648 g/mol. The van der Waals surface area contributed by atoms with Crippen LogP contribution in [0.5, 0.6) is 0 Å². The van der Waals surface area contributed by atoms with Crippen LogP contribution in [0, 0.1) is 0 Å². The van der Waals surface area contributed by atoms with E-state index in [1.54, 1.807) is 0 Å². The van der Waals surface area contributed by atoms with Crippen molar-refractivity contribution in [3.8, 4) is 0 Å².